The third-order valence-corrected chi connectivity index (χ3v) is 8.74. The van der Waals surface area contributed by atoms with Crippen LogP contribution in [0.15, 0.2) is 66.7 Å². The molecule has 3 aromatic rings. The molecule has 0 radical (unpaired) electrons. The lowest BCUT2D eigenvalue weighted by atomic mass is 9.94. The molecule has 0 fully saturated rings. The minimum absolute atomic E-state index is 0.155. The molecule has 50 heavy (non-hydrogen) atoms. The first-order chi connectivity index (χ1) is 24.1. The van der Waals surface area contributed by atoms with Crippen LogP contribution in [0.3, 0.4) is 0 Å². The summed E-state index contributed by atoms with van der Waals surface area (Å²) < 4.78 is 0. The van der Waals surface area contributed by atoms with E-state index in [1.165, 1.54) is 9.80 Å². The highest BCUT2D eigenvalue weighted by Crippen LogP contribution is 2.30. The molecule has 0 aromatic heterocycles. The van der Waals surface area contributed by atoms with Crippen LogP contribution in [0.25, 0.3) is 22.4 Å². The number of hydrogen-bond acceptors (Lipinski definition) is 6. The number of rotatable bonds is 14. The van der Waals surface area contributed by atoms with Gasteiger partial charge in [-0.15, -0.1) is 0 Å². The number of benzene rings is 3. The minimum atomic E-state index is -0.383. The minimum Gasteiger partial charge on any atom is -0.338 e. The van der Waals surface area contributed by atoms with Crippen molar-refractivity contribution in [2.75, 3.05) is 39.3 Å². The lowest BCUT2D eigenvalue weighted by Crippen LogP contribution is -2.50. The van der Waals surface area contributed by atoms with Crippen LogP contribution < -0.4 is 31.7 Å². The summed E-state index contributed by atoms with van der Waals surface area (Å²) in [6.45, 7) is 9.28. The molecule has 12 heteroatoms. The van der Waals surface area contributed by atoms with Crippen molar-refractivity contribution < 1.29 is 28.8 Å². The average molecular weight is 679 g/mol. The second-order valence-corrected chi connectivity index (χ2v) is 12.2. The Hall–Kier alpha value is -5.78. The largest absolute Gasteiger partial charge is 0.338 e. The number of amides is 8. The summed E-state index contributed by atoms with van der Waals surface area (Å²) in [6.07, 6.45) is 3.93. The van der Waals surface area contributed by atoms with Crippen LogP contribution in [0, 0.1) is 0 Å². The second-order valence-electron chi connectivity index (χ2n) is 12.2. The molecule has 0 aliphatic carbocycles. The van der Waals surface area contributed by atoms with Gasteiger partial charge in [0.15, 0.2) is 0 Å². The Morgan fingerprint density at radius 1 is 0.640 bits per heavy atom. The Bertz CT molecular complexity index is 1950. The Morgan fingerprint density at radius 2 is 1.08 bits per heavy atom. The van der Waals surface area contributed by atoms with E-state index in [-0.39, 0.29) is 61.9 Å². The standard InChI is InChI=1S/C38H42N6O6/c1-4-25-12-7-17-29-32(25)30(24(2)3)36(48)44(35(29)47)23-11-21-42-38(50)40-19-6-5-18-39-37(49)41-20-10-22-43-33(45)27-15-8-13-26-14-9-16-28(31(26)27)34(43)46/h4,7-9,12-17H,2,5-6,10-11,18-23H2,1,3H3,(H2,39,41,49)(H2,40,42,50)/b25-4-. The van der Waals surface area contributed by atoms with Crippen LogP contribution in [0.1, 0.15) is 70.6 Å². The molecule has 0 unspecified atom stereocenters. The van der Waals surface area contributed by atoms with Crippen molar-refractivity contribution in [3.05, 3.63) is 93.9 Å². The van der Waals surface area contributed by atoms with E-state index in [0.717, 1.165) is 10.6 Å². The third-order valence-electron chi connectivity index (χ3n) is 8.74. The van der Waals surface area contributed by atoms with E-state index in [1.807, 2.05) is 31.2 Å². The highest BCUT2D eigenvalue weighted by molar-refractivity contribution is 6.28. The van der Waals surface area contributed by atoms with Gasteiger partial charge < -0.3 is 21.3 Å². The third kappa shape index (κ3) is 7.59. The molecule has 2 aliphatic heterocycles. The fourth-order valence-electron chi connectivity index (χ4n) is 6.29. The molecule has 0 bridgehead atoms. The molecule has 0 spiro atoms. The van der Waals surface area contributed by atoms with E-state index in [2.05, 4.69) is 27.8 Å². The normalized spacial score (nSPS) is 14.2. The summed E-state index contributed by atoms with van der Waals surface area (Å²) in [5.41, 5.74) is 2.49. The number of carbonyl (C=O) groups is 6. The van der Waals surface area contributed by atoms with Gasteiger partial charge in [-0.05, 0) is 73.9 Å². The van der Waals surface area contributed by atoms with Gasteiger partial charge in [0.1, 0.15) is 0 Å². The van der Waals surface area contributed by atoms with E-state index < -0.39 is 0 Å². The van der Waals surface area contributed by atoms with Crippen molar-refractivity contribution in [3.63, 3.8) is 0 Å². The quantitative estimate of drug-likeness (QED) is 0.152. The van der Waals surface area contributed by atoms with Crippen LogP contribution in [0.4, 0.5) is 9.59 Å². The molecule has 8 amide bonds. The van der Waals surface area contributed by atoms with E-state index >= 15 is 0 Å². The van der Waals surface area contributed by atoms with E-state index in [9.17, 15) is 28.8 Å². The van der Waals surface area contributed by atoms with Gasteiger partial charge in [-0.3, -0.25) is 29.0 Å². The van der Waals surface area contributed by atoms with Gasteiger partial charge >= 0.3 is 12.1 Å². The molecule has 2 aliphatic rings. The summed E-state index contributed by atoms with van der Waals surface area (Å²) in [5, 5.41) is 14.0. The van der Waals surface area contributed by atoms with E-state index in [0.29, 0.717) is 77.2 Å². The highest BCUT2D eigenvalue weighted by atomic mass is 16.2. The topological polar surface area (TPSA) is 157 Å². The first-order valence-corrected chi connectivity index (χ1v) is 16.9. The first kappa shape index (κ1) is 35.5. The number of imide groups is 2. The number of nitrogens with zero attached hydrogens (tertiary/aromatic N) is 2. The predicted molar refractivity (Wildman–Crippen MR) is 191 cm³/mol. The number of unbranched alkanes of at least 4 members (excludes halogenated alkanes) is 1. The van der Waals surface area contributed by atoms with Gasteiger partial charge in [0.25, 0.3) is 23.6 Å². The van der Waals surface area contributed by atoms with Crippen molar-refractivity contribution in [2.24, 2.45) is 0 Å². The number of urea groups is 2. The smallest absolute Gasteiger partial charge is 0.314 e. The van der Waals surface area contributed by atoms with Crippen LogP contribution in [0.5, 0.6) is 0 Å². The van der Waals surface area contributed by atoms with Crippen molar-refractivity contribution in [1.29, 1.82) is 0 Å². The zero-order valence-corrected chi connectivity index (χ0v) is 28.4. The fourth-order valence-corrected chi connectivity index (χ4v) is 6.29. The van der Waals surface area contributed by atoms with E-state index in [4.69, 9.17) is 0 Å². The molecule has 5 rings (SSSR count). The van der Waals surface area contributed by atoms with Crippen molar-refractivity contribution in [3.8, 4) is 0 Å². The molecular formula is C38H42N6O6. The fraction of sp³-hybridized carbons (Fsp3) is 0.316. The lowest BCUT2D eigenvalue weighted by Gasteiger charge is -2.27. The molecule has 0 saturated carbocycles. The van der Waals surface area contributed by atoms with Gasteiger partial charge in [-0.2, -0.15) is 0 Å². The molecule has 12 nitrogen and oxygen atoms in total. The highest BCUT2D eigenvalue weighted by Gasteiger charge is 2.33. The monoisotopic (exact) mass is 678 g/mol. The SMILES string of the molecule is C=C(C)C1=c2c(ccc/c2=C/C)C(=O)N(CCCNC(=O)NCCCCNC(=O)NCCCN2C(=O)c3cccc4cccc(c34)C2=O)C1=O. The zero-order chi connectivity index (χ0) is 35.8. The second kappa shape index (κ2) is 16.1. The maximum atomic E-state index is 13.3. The molecule has 3 aromatic carbocycles. The maximum absolute atomic E-state index is 13.3. The number of nitrogens with one attached hydrogen (secondary N) is 4. The summed E-state index contributed by atoms with van der Waals surface area (Å²) in [7, 11) is 0. The van der Waals surface area contributed by atoms with Gasteiger partial charge in [0, 0.05) is 66.6 Å². The van der Waals surface area contributed by atoms with Crippen molar-refractivity contribution >= 4 is 58.1 Å². The summed E-state index contributed by atoms with van der Waals surface area (Å²) in [5.74, 6) is -1.40. The summed E-state index contributed by atoms with van der Waals surface area (Å²) in [4.78, 5) is 79.3. The Balaban J connectivity index is 0.931. The van der Waals surface area contributed by atoms with Crippen molar-refractivity contribution in [2.45, 2.75) is 39.5 Å². The van der Waals surface area contributed by atoms with Crippen LogP contribution in [-0.2, 0) is 4.79 Å². The lowest BCUT2D eigenvalue weighted by molar-refractivity contribution is -0.123. The summed E-state index contributed by atoms with van der Waals surface area (Å²) >= 11 is 0. The number of fused-ring (bicyclic) bond motifs is 1. The van der Waals surface area contributed by atoms with Gasteiger partial charge in [0.2, 0.25) is 0 Å². The van der Waals surface area contributed by atoms with Gasteiger partial charge in [-0.1, -0.05) is 49.1 Å². The molecule has 4 N–H and O–H groups in total. The number of hydrogen-bond donors (Lipinski definition) is 4. The average Bonchev–Trinajstić information content (AvgIpc) is 3.10. The van der Waals surface area contributed by atoms with Gasteiger partial charge in [0.05, 0.1) is 5.57 Å². The van der Waals surface area contributed by atoms with E-state index in [1.54, 1.807) is 43.3 Å². The first-order valence-electron chi connectivity index (χ1n) is 16.9. The Labute approximate surface area is 290 Å². The maximum Gasteiger partial charge on any atom is 0.314 e. The molecule has 260 valence electrons. The zero-order valence-electron chi connectivity index (χ0n) is 28.4. The summed E-state index contributed by atoms with van der Waals surface area (Å²) in [6, 6.07) is 15.5. The Kier molecular flexibility index (Phi) is 11.4. The van der Waals surface area contributed by atoms with Crippen LogP contribution >= 0.6 is 0 Å². The molecule has 0 atom stereocenters. The molecular weight excluding hydrogens is 636 g/mol. The van der Waals surface area contributed by atoms with Gasteiger partial charge in [-0.25, -0.2) is 9.59 Å². The predicted octanol–water partition coefficient (Wildman–Crippen LogP) is 2.80. The number of carbonyl (C=O) groups excluding carboxylic acids is 6. The Morgan fingerprint density at radius 3 is 1.58 bits per heavy atom. The van der Waals surface area contributed by atoms with Crippen LogP contribution in [0.2, 0.25) is 0 Å². The van der Waals surface area contributed by atoms with Crippen LogP contribution in [-0.4, -0.2) is 84.8 Å². The molecule has 0 saturated heterocycles. The van der Waals surface area contributed by atoms with Crippen molar-refractivity contribution in [1.82, 2.24) is 31.1 Å². The molecule has 2 heterocycles.